The minimum Gasteiger partial charge on any atom is -0.377 e. The Morgan fingerprint density at radius 3 is 2.47 bits per heavy atom. The summed E-state index contributed by atoms with van der Waals surface area (Å²) < 4.78 is 0. The Morgan fingerprint density at radius 1 is 1.12 bits per heavy atom. The van der Waals surface area contributed by atoms with E-state index >= 15 is 0 Å². The summed E-state index contributed by atoms with van der Waals surface area (Å²) in [5.41, 5.74) is 3.19. The summed E-state index contributed by atoms with van der Waals surface area (Å²) in [6.07, 6.45) is 0. The number of hydrogen-bond donors (Lipinski definition) is 1. The number of benzene rings is 1. The van der Waals surface area contributed by atoms with Gasteiger partial charge in [0.15, 0.2) is 0 Å². The molecule has 0 aliphatic rings. The van der Waals surface area contributed by atoms with Crippen molar-refractivity contribution in [3.63, 3.8) is 0 Å². The molecule has 0 saturated heterocycles. The minimum absolute atomic E-state index is 0.248. The third-order valence-electron chi connectivity index (χ3n) is 2.72. The molecule has 0 saturated carbocycles. The molecule has 0 fully saturated rings. The predicted molar refractivity (Wildman–Crippen MR) is 72.5 cm³/mol. The fourth-order valence-electron chi connectivity index (χ4n) is 1.74. The SMILES string of the molecule is Cc1nc(Cl)ccc1NC(C)c1ccccc1. The molecule has 1 N–H and O–H groups in total. The van der Waals surface area contributed by atoms with E-state index in [0.29, 0.717) is 5.15 Å². The molecule has 88 valence electrons. The first kappa shape index (κ1) is 11.9. The number of anilines is 1. The van der Waals surface area contributed by atoms with Crippen molar-refractivity contribution >= 4 is 17.3 Å². The molecule has 1 aromatic carbocycles. The molecule has 0 bridgehead atoms. The van der Waals surface area contributed by atoms with Crippen LogP contribution in [-0.2, 0) is 0 Å². The lowest BCUT2D eigenvalue weighted by Gasteiger charge is -2.17. The predicted octanol–water partition coefficient (Wildman–Crippen LogP) is 4.22. The Bertz CT molecular complexity index is 497. The molecule has 3 heteroatoms. The summed E-state index contributed by atoms with van der Waals surface area (Å²) >= 11 is 5.83. The van der Waals surface area contributed by atoms with Crippen LogP contribution >= 0.6 is 11.6 Å². The van der Waals surface area contributed by atoms with E-state index in [2.05, 4.69) is 29.4 Å². The van der Waals surface area contributed by atoms with E-state index in [4.69, 9.17) is 11.6 Å². The molecule has 2 aromatic rings. The average molecular weight is 247 g/mol. The zero-order chi connectivity index (χ0) is 12.3. The molecule has 0 radical (unpaired) electrons. The van der Waals surface area contributed by atoms with Crippen molar-refractivity contribution in [2.45, 2.75) is 19.9 Å². The fraction of sp³-hybridized carbons (Fsp3) is 0.214. The second kappa shape index (κ2) is 5.19. The molecule has 0 aliphatic heterocycles. The lowest BCUT2D eigenvalue weighted by molar-refractivity contribution is 0.879. The highest BCUT2D eigenvalue weighted by Crippen LogP contribution is 2.22. The van der Waals surface area contributed by atoms with Crippen LogP contribution in [0.3, 0.4) is 0 Å². The standard InChI is InChI=1S/C14H15ClN2/c1-10(12-6-4-3-5-7-12)16-13-8-9-14(15)17-11(13)2/h3-10,16H,1-2H3. The fourth-order valence-corrected chi connectivity index (χ4v) is 1.93. The molecule has 2 nitrogen and oxygen atoms in total. The van der Waals surface area contributed by atoms with Gasteiger partial charge in [0.05, 0.1) is 11.4 Å². The van der Waals surface area contributed by atoms with Gasteiger partial charge < -0.3 is 5.32 Å². The third-order valence-corrected chi connectivity index (χ3v) is 2.93. The number of nitrogens with one attached hydrogen (secondary N) is 1. The lowest BCUT2D eigenvalue weighted by atomic mass is 10.1. The monoisotopic (exact) mass is 246 g/mol. The van der Waals surface area contributed by atoms with Gasteiger partial charge in [0.1, 0.15) is 5.15 Å². The zero-order valence-electron chi connectivity index (χ0n) is 9.94. The summed E-state index contributed by atoms with van der Waals surface area (Å²) in [6, 6.07) is 14.3. The van der Waals surface area contributed by atoms with Crippen LogP contribution in [0.1, 0.15) is 24.2 Å². The Balaban J connectivity index is 2.16. The van der Waals surface area contributed by atoms with E-state index in [0.717, 1.165) is 11.4 Å². The van der Waals surface area contributed by atoms with Gasteiger partial charge in [-0.15, -0.1) is 0 Å². The highest BCUT2D eigenvalue weighted by molar-refractivity contribution is 6.29. The van der Waals surface area contributed by atoms with Gasteiger partial charge in [-0.25, -0.2) is 4.98 Å². The summed E-state index contributed by atoms with van der Waals surface area (Å²) in [4.78, 5) is 4.22. The molecule has 2 rings (SSSR count). The second-order valence-electron chi connectivity index (χ2n) is 4.04. The first-order valence-corrected chi connectivity index (χ1v) is 5.99. The summed E-state index contributed by atoms with van der Waals surface area (Å²) in [5, 5.41) is 3.96. The number of rotatable bonds is 3. The van der Waals surface area contributed by atoms with E-state index in [9.17, 15) is 0 Å². The molecule has 1 atom stereocenters. The van der Waals surface area contributed by atoms with Gasteiger partial charge in [0.2, 0.25) is 0 Å². The van der Waals surface area contributed by atoms with Crippen molar-refractivity contribution < 1.29 is 0 Å². The number of nitrogens with zero attached hydrogens (tertiary/aromatic N) is 1. The summed E-state index contributed by atoms with van der Waals surface area (Å²) in [7, 11) is 0. The van der Waals surface area contributed by atoms with Crippen molar-refractivity contribution in [2.24, 2.45) is 0 Å². The highest BCUT2D eigenvalue weighted by Gasteiger charge is 2.07. The molecule has 0 spiro atoms. The number of aryl methyl sites for hydroxylation is 1. The average Bonchev–Trinajstić information content (AvgIpc) is 2.34. The molecular weight excluding hydrogens is 232 g/mol. The molecule has 17 heavy (non-hydrogen) atoms. The molecule has 0 amide bonds. The molecule has 1 heterocycles. The van der Waals surface area contributed by atoms with Crippen LogP contribution in [0.15, 0.2) is 42.5 Å². The topological polar surface area (TPSA) is 24.9 Å². The second-order valence-corrected chi connectivity index (χ2v) is 4.43. The van der Waals surface area contributed by atoms with Crippen molar-refractivity contribution in [3.05, 3.63) is 58.9 Å². The molecule has 1 unspecified atom stereocenters. The molecular formula is C14H15ClN2. The van der Waals surface area contributed by atoms with Crippen LogP contribution in [0, 0.1) is 6.92 Å². The molecule has 0 aliphatic carbocycles. The van der Waals surface area contributed by atoms with Crippen LogP contribution in [0.25, 0.3) is 0 Å². The Hall–Kier alpha value is -1.54. The van der Waals surface area contributed by atoms with Crippen LogP contribution in [0.5, 0.6) is 0 Å². The van der Waals surface area contributed by atoms with Crippen LogP contribution in [0.4, 0.5) is 5.69 Å². The van der Waals surface area contributed by atoms with E-state index in [-0.39, 0.29) is 6.04 Å². The van der Waals surface area contributed by atoms with Crippen LogP contribution < -0.4 is 5.32 Å². The minimum atomic E-state index is 0.248. The first-order valence-electron chi connectivity index (χ1n) is 5.61. The van der Waals surface area contributed by atoms with Gasteiger partial charge in [-0.2, -0.15) is 0 Å². The van der Waals surface area contributed by atoms with Gasteiger partial charge in [0.25, 0.3) is 0 Å². The van der Waals surface area contributed by atoms with Gasteiger partial charge in [-0.05, 0) is 31.5 Å². The van der Waals surface area contributed by atoms with Crippen LogP contribution in [-0.4, -0.2) is 4.98 Å². The normalized spacial score (nSPS) is 12.2. The number of pyridine rings is 1. The van der Waals surface area contributed by atoms with Gasteiger partial charge >= 0.3 is 0 Å². The maximum Gasteiger partial charge on any atom is 0.129 e. The van der Waals surface area contributed by atoms with E-state index in [1.54, 1.807) is 6.07 Å². The quantitative estimate of drug-likeness (QED) is 0.821. The van der Waals surface area contributed by atoms with E-state index in [1.165, 1.54) is 5.56 Å². The third kappa shape index (κ3) is 2.98. The van der Waals surface area contributed by atoms with Gasteiger partial charge in [-0.3, -0.25) is 0 Å². The number of hydrogen-bond acceptors (Lipinski definition) is 2. The smallest absolute Gasteiger partial charge is 0.129 e. The van der Waals surface area contributed by atoms with E-state index < -0.39 is 0 Å². The van der Waals surface area contributed by atoms with Crippen molar-refractivity contribution in [2.75, 3.05) is 5.32 Å². The van der Waals surface area contributed by atoms with Crippen molar-refractivity contribution in [1.29, 1.82) is 0 Å². The number of aromatic nitrogens is 1. The maximum atomic E-state index is 5.83. The van der Waals surface area contributed by atoms with Crippen LogP contribution in [0.2, 0.25) is 5.15 Å². The summed E-state index contributed by atoms with van der Waals surface area (Å²) in [5.74, 6) is 0. The van der Waals surface area contributed by atoms with Crippen molar-refractivity contribution in [3.8, 4) is 0 Å². The summed E-state index contributed by atoms with van der Waals surface area (Å²) in [6.45, 7) is 4.08. The lowest BCUT2D eigenvalue weighted by Crippen LogP contribution is -2.08. The molecule has 1 aromatic heterocycles. The van der Waals surface area contributed by atoms with Crippen molar-refractivity contribution in [1.82, 2.24) is 4.98 Å². The first-order chi connectivity index (χ1) is 8.16. The zero-order valence-corrected chi connectivity index (χ0v) is 10.7. The Morgan fingerprint density at radius 2 is 1.82 bits per heavy atom. The maximum absolute atomic E-state index is 5.83. The van der Waals surface area contributed by atoms with E-state index in [1.807, 2.05) is 31.2 Å². The Kier molecular flexibility index (Phi) is 3.64. The highest BCUT2D eigenvalue weighted by atomic mass is 35.5. The van der Waals surface area contributed by atoms with Gasteiger partial charge in [-0.1, -0.05) is 41.9 Å². The van der Waals surface area contributed by atoms with Gasteiger partial charge in [0, 0.05) is 6.04 Å². The Labute approximate surface area is 107 Å². The number of halogens is 1. The largest absolute Gasteiger partial charge is 0.377 e.